The first-order valence-electron chi connectivity index (χ1n) is 15.6. The van der Waals surface area contributed by atoms with Gasteiger partial charge in [-0.05, 0) is 86.9 Å². The van der Waals surface area contributed by atoms with E-state index in [2.05, 4.69) is 155 Å². The zero-order valence-corrected chi connectivity index (χ0v) is 24.8. The molecule has 0 saturated carbocycles. The summed E-state index contributed by atoms with van der Waals surface area (Å²) in [6.07, 6.45) is 0. The second kappa shape index (κ2) is 9.32. The van der Waals surface area contributed by atoms with Crippen LogP contribution in [0.3, 0.4) is 0 Å². The summed E-state index contributed by atoms with van der Waals surface area (Å²) in [5.41, 5.74) is 7.41. The summed E-state index contributed by atoms with van der Waals surface area (Å²) in [7, 11) is 0. The molecule has 0 unspecified atom stereocenters. The smallest absolute Gasteiger partial charge is 0.0991 e. The van der Waals surface area contributed by atoms with Crippen LogP contribution in [0.1, 0.15) is 5.56 Å². The lowest BCUT2D eigenvalue weighted by atomic mass is 9.94. The topological polar surface area (TPSA) is 33.6 Å². The normalized spacial score (nSPS) is 11.9. The molecule has 0 aliphatic rings. The van der Waals surface area contributed by atoms with Crippen molar-refractivity contribution in [2.45, 2.75) is 0 Å². The molecule has 2 aromatic heterocycles. The van der Waals surface area contributed by atoms with Gasteiger partial charge in [0, 0.05) is 32.9 Å². The van der Waals surface area contributed by atoms with Gasteiger partial charge in [-0.25, -0.2) is 0 Å². The maximum atomic E-state index is 9.81. The summed E-state index contributed by atoms with van der Waals surface area (Å²) < 4.78 is 4.74. The van der Waals surface area contributed by atoms with Crippen LogP contribution in [0.15, 0.2) is 152 Å². The van der Waals surface area contributed by atoms with Crippen LogP contribution in [0.2, 0.25) is 0 Å². The van der Waals surface area contributed by atoms with E-state index in [1.54, 1.807) is 0 Å². The van der Waals surface area contributed by atoms with E-state index in [1.165, 1.54) is 54.1 Å². The molecule has 0 amide bonds. The molecule has 10 aromatic rings. The van der Waals surface area contributed by atoms with Crippen molar-refractivity contribution < 1.29 is 0 Å². The Bertz CT molecular complexity index is 2840. The fraction of sp³-hybridized carbons (Fsp3) is 0. The predicted octanol–water partition coefficient (Wildman–Crippen LogP) is 11.2. The Morgan fingerprint density at radius 2 is 0.761 bits per heavy atom. The van der Waals surface area contributed by atoms with Crippen molar-refractivity contribution in [3.63, 3.8) is 0 Å². The SMILES string of the molecule is N#Cc1ccc2c(c1)c1ccc(-n3c4ccccc4c4ccccc43)cc1n2-c1ccc2c3ccccc3c3ccccc3c2c1. The first-order valence-corrected chi connectivity index (χ1v) is 15.6. The van der Waals surface area contributed by atoms with Crippen LogP contribution < -0.4 is 0 Å². The van der Waals surface area contributed by atoms with E-state index < -0.39 is 0 Å². The standard InChI is InChI=1S/C43H25N3/c44-26-27-17-22-42-39(23-27)37-21-19-29(45-40-15-7-5-13-35(40)36-14-6-8-16-41(36)45)25-43(37)46(42)28-18-20-34-32-11-2-1-9-30(32)31-10-3-4-12-33(31)38(34)24-28/h1-25H. The maximum Gasteiger partial charge on any atom is 0.0991 e. The Morgan fingerprint density at radius 3 is 1.37 bits per heavy atom. The molecule has 3 heteroatoms. The van der Waals surface area contributed by atoms with Gasteiger partial charge in [0.15, 0.2) is 0 Å². The van der Waals surface area contributed by atoms with Crippen molar-refractivity contribution in [3.05, 3.63) is 157 Å². The zero-order chi connectivity index (χ0) is 30.4. The van der Waals surface area contributed by atoms with Crippen LogP contribution in [0.25, 0.3) is 87.3 Å². The molecule has 2 heterocycles. The average Bonchev–Trinajstić information content (AvgIpc) is 3.63. The number of hydrogen-bond donors (Lipinski definition) is 0. The maximum absolute atomic E-state index is 9.81. The average molecular weight is 584 g/mol. The molecule has 212 valence electrons. The predicted molar refractivity (Wildman–Crippen MR) is 192 cm³/mol. The fourth-order valence-corrected chi connectivity index (χ4v) is 7.73. The number of nitriles is 1. The van der Waals surface area contributed by atoms with Crippen LogP contribution in [0.5, 0.6) is 0 Å². The third-order valence-corrected chi connectivity index (χ3v) is 9.70. The largest absolute Gasteiger partial charge is 0.309 e. The summed E-state index contributed by atoms with van der Waals surface area (Å²) >= 11 is 0. The van der Waals surface area contributed by atoms with Gasteiger partial charge in [-0.1, -0.05) is 97.1 Å². The van der Waals surface area contributed by atoms with Crippen LogP contribution in [0, 0.1) is 11.3 Å². The molecule has 0 fully saturated rings. The van der Waals surface area contributed by atoms with Gasteiger partial charge in [-0.2, -0.15) is 5.26 Å². The van der Waals surface area contributed by atoms with Crippen LogP contribution in [0.4, 0.5) is 0 Å². The van der Waals surface area contributed by atoms with E-state index in [4.69, 9.17) is 0 Å². The quantitative estimate of drug-likeness (QED) is 0.186. The molecular formula is C43H25N3. The van der Waals surface area contributed by atoms with Gasteiger partial charge in [0.25, 0.3) is 0 Å². The molecule has 0 aliphatic carbocycles. The lowest BCUT2D eigenvalue weighted by Crippen LogP contribution is -1.97. The highest BCUT2D eigenvalue weighted by atomic mass is 15.0. The van der Waals surface area contributed by atoms with Gasteiger partial charge >= 0.3 is 0 Å². The van der Waals surface area contributed by atoms with E-state index in [-0.39, 0.29) is 0 Å². The summed E-state index contributed by atoms with van der Waals surface area (Å²) in [5.74, 6) is 0. The van der Waals surface area contributed by atoms with Crippen molar-refractivity contribution in [2.24, 2.45) is 0 Å². The molecule has 10 rings (SSSR count). The van der Waals surface area contributed by atoms with Gasteiger partial charge < -0.3 is 9.13 Å². The van der Waals surface area contributed by atoms with E-state index in [0.29, 0.717) is 5.56 Å². The molecule has 0 spiro atoms. The Balaban J connectivity index is 1.32. The minimum Gasteiger partial charge on any atom is -0.309 e. The molecule has 8 aromatic carbocycles. The number of nitrogens with zero attached hydrogens (tertiary/aromatic N) is 3. The Labute approximate surface area is 264 Å². The monoisotopic (exact) mass is 583 g/mol. The molecule has 3 nitrogen and oxygen atoms in total. The summed E-state index contributed by atoms with van der Waals surface area (Å²) in [5, 5.41) is 22.0. The van der Waals surface area contributed by atoms with Gasteiger partial charge in [0.05, 0.1) is 33.7 Å². The number of para-hydroxylation sites is 2. The highest BCUT2D eigenvalue weighted by Crippen LogP contribution is 2.40. The molecule has 46 heavy (non-hydrogen) atoms. The van der Waals surface area contributed by atoms with Crippen molar-refractivity contribution in [3.8, 4) is 17.4 Å². The van der Waals surface area contributed by atoms with Crippen molar-refractivity contribution in [1.29, 1.82) is 5.26 Å². The number of hydrogen-bond acceptors (Lipinski definition) is 1. The first-order chi connectivity index (χ1) is 22.8. The van der Waals surface area contributed by atoms with Crippen molar-refractivity contribution >= 4 is 75.9 Å². The summed E-state index contributed by atoms with van der Waals surface area (Å²) in [4.78, 5) is 0. The third kappa shape index (κ3) is 3.36. The van der Waals surface area contributed by atoms with Gasteiger partial charge in [-0.15, -0.1) is 0 Å². The second-order valence-electron chi connectivity index (χ2n) is 12.1. The van der Waals surface area contributed by atoms with E-state index in [9.17, 15) is 5.26 Å². The third-order valence-electron chi connectivity index (χ3n) is 9.70. The van der Waals surface area contributed by atoms with Crippen molar-refractivity contribution in [1.82, 2.24) is 9.13 Å². The number of rotatable bonds is 2. The highest BCUT2D eigenvalue weighted by molar-refractivity contribution is 6.25. The van der Waals surface area contributed by atoms with Crippen LogP contribution in [-0.4, -0.2) is 9.13 Å². The minimum absolute atomic E-state index is 0.661. The number of aromatic nitrogens is 2. The molecule has 0 bridgehead atoms. The minimum atomic E-state index is 0.661. The molecule has 0 radical (unpaired) electrons. The van der Waals surface area contributed by atoms with Crippen LogP contribution >= 0.6 is 0 Å². The van der Waals surface area contributed by atoms with Gasteiger partial charge in [0.1, 0.15) is 0 Å². The second-order valence-corrected chi connectivity index (χ2v) is 12.1. The number of benzene rings is 8. The zero-order valence-electron chi connectivity index (χ0n) is 24.8. The molecule has 0 N–H and O–H groups in total. The van der Waals surface area contributed by atoms with E-state index >= 15 is 0 Å². The fourth-order valence-electron chi connectivity index (χ4n) is 7.73. The summed E-state index contributed by atoms with van der Waals surface area (Å²) in [6, 6.07) is 56.7. The highest BCUT2D eigenvalue weighted by Gasteiger charge is 2.18. The lowest BCUT2D eigenvalue weighted by Gasteiger charge is -2.14. The Hall–Kier alpha value is -6.37. The van der Waals surface area contributed by atoms with E-state index in [0.717, 1.165) is 33.2 Å². The molecule has 0 atom stereocenters. The van der Waals surface area contributed by atoms with Crippen molar-refractivity contribution in [2.75, 3.05) is 0 Å². The Kier molecular flexibility index (Phi) is 5.06. The summed E-state index contributed by atoms with van der Waals surface area (Å²) in [6.45, 7) is 0. The van der Waals surface area contributed by atoms with Gasteiger partial charge in [0.2, 0.25) is 0 Å². The lowest BCUT2D eigenvalue weighted by molar-refractivity contribution is 1.16. The molecule has 0 aliphatic heterocycles. The Morgan fingerprint density at radius 1 is 0.326 bits per heavy atom. The van der Waals surface area contributed by atoms with Gasteiger partial charge in [-0.3, -0.25) is 0 Å². The first kappa shape index (κ1) is 25.0. The molecular weight excluding hydrogens is 558 g/mol. The number of fused-ring (bicyclic) bond motifs is 12. The van der Waals surface area contributed by atoms with Crippen LogP contribution in [-0.2, 0) is 0 Å². The van der Waals surface area contributed by atoms with E-state index in [1.807, 2.05) is 12.1 Å². The molecule has 0 saturated heterocycles.